The summed E-state index contributed by atoms with van der Waals surface area (Å²) in [7, 11) is 0. The molecule has 0 aliphatic rings. The maximum atomic E-state index is 13.7. The highest BCUT2D eigenvalue weighted by atomic mass is 35.5. The summed E-state index contributed by atoms with van der Waals surface area (Å²) < 4.78 is 27.4. The molecule has 0 amide bonds. The first-order valence-electron chi connectivity index (χ1n) is 5.95. The Hall–Kier alpha value is -1.61. The summed E-state index contributed by atoms with van der Waals surface area (Å²) in [6.45, 7) is 3.62. The Morgan fingerprint density at radius 3 is 2.37 bits per heavy atom. The third kappa shape index (κ3) is 3.04. The van der Waals surface area contributed by atoms with Gasteiger partial charge in [-0.05, 0) is 43.7 Å². The summed E-state index contributed by atoms with van der Waals surface area (Å²) in [6.07, 6.45) is 0. The molecule has 2 rings (SSSR count). The number of benzene rings is 2. The Labute approximate surface area is 116 Å². The first-order valence-corrected chi connectivity index (χ1v) is 6.33. The van der Waals surface area contributed by atoms with E-state index < -0.39 is 17.7 Å². The Balaban J connectivity index is 2.31. The molecule has 2 aromatic rings. The maximum Gasteiger partial charge on any atom is 0.131 e. The van der Waals surface area contributed by atoms with Gasteiger partial charge < -0.3 is 5.32 Å². The molecular weight excluding hydrogens is 268 g/mol. The van der Waals surface area contributed by atoms with Gasteiger partial charge >= 0.3 is 0 Å². The second-order valence-electron chi connectivity index (χ2n) is 4.46. The van der Waals surface area contributed by atoms with Crippen LogP contribution < -0.4 is 5.32 Å². The first-order chi connectivity index (χ1) is 8.99. The number of anilines is 1. The smallest absolute Gasteiger partial charge is 0.131 e. The summed E-state index contributed by atoms with van der Waals surface area (Å²) in [5, 5.41) is 3.66. The second kappa shape index (κ2) is 5.57. The van der Waals surface area contributed by atoms with E-state index in [0.717, 1.165) is 11.3 Å². The standard InChI is InChI=1S/C15H14ClF2N/c1-9-6-7-11(16)8-14(9)19-10(2)15-12(17)4-3-5-13(15)18/h3-8,10,19H,1-2H3. The molecule has 4 heteroatoms. The molecule has 0 saturated heterocycles. The Morgan fingerprint density at radius 1 is 1.11 bits per heavy atom. The molecule has 0 heterocycles. The van der Waals surface area contributed by atoms with Crippen LogP contribution in [0.1, 0.15) is 24.1 Å². The van der Waals surface area contributed by atoms with Gasteiger partial charge in [0.1, 0.15) is 11.6 Å². The second-order valence-corrected chi connectivity index (χ2v) is 4.90. The number of hydrogen-bond acceptors (Lipinski definition) is 1. The SMILES string of the molecule is Cc1ccc(Cl)cc1NC(C)c1c(F)cccc1F. The summed E-state index contributed by atoms with van der Waals surface area (Å²) in [5.41, 5.74) is 1.76. The minimum atomic E-state index is -0.556. The van der Waals surface area contributed by atoms with E-state index >= 15 is 0 Å². The Morgan fingerprint density at radius 2 is 1.74 bits per heavy atom. The van der Waals surface area contributed by atoms with Gasteiger partial charge in [-0.1, -0.05) is 23.7 Å². The zero-order valence-electron chi connectivity index (χ0n) is 10.7. The highest BCUT2D eigenvalue weighted by Gasteiger charge is 2.16. The third-order valence-electron chi connectivity index (χ3n) is 3.00. The van der Waals surface area contributed by atoms with Gasteiger partial charge in [-0.2, -0.15) is 0 Å². The van der Waals surface area contributed by atoms with Crippen molar-refractivity contribution in [3.8, 4) is 0 Å². The zero-order chi connectivity index (χ0) is 14.0. The lowest BCUT2D eigenvalue weighted by molar-refractivity contribution is 0.544. The van der Waals surface area contributed by atoms with Crippen LogP contribution in [0, 0.1) is 18.6 Å². The molecule has 1 unspecified atom stereocenters. The Kier molecular flexibility index (Phi) is 4.05. The topological polar surface area (TPSA) is 12.0 Å². The van der Waals surface area contributed by atoms with Gasteiger partial charge in [-0.25, -0.2) is 8.78 Å². The van der Waals surface area contributed by atoms with Crippen LogP contribution in [0.15, 0.2) is 36.4 Å². The predicted octanol–water partition coefficient (Wildman–Crippen LogP) is 5.10. The molecule has 0 aliphatic carbocycles. The fourth-order valence-electron chi connectivity index (χ4n) is 1.98. The van der Waals surface area contributed by atoms with Gasteiger partial charge in [0.05, 0.1) is 6.04 Å². The van der Waals surface area contributed by atoms with Crippen LogP contribution in [0.4, 0.5) is 14.5 Å². The molecule has 1 atom stereocenters. The van der Waals surface area contributed by atoms with E-state index in [9.17, 15) is 8.78 Å². The largest absolute Gasteiger partial charge is 0.378 e. The molecule has 1 nitrogen and oxygen atoms in total. The molecule has 0 aromatic heterocycles. The van der Waals surface area contributed by atoms with Crippen molar-refractivity contribution in [2.45, 2.75) is 19.9 Å². The molecule has 100 valence electrons. The maximum absolute atomic E-state index is 13.7. The van der Waals surface area contributed by atoms with Crippen LogP contribution in [0.3, 0.4) is 0 Å². The lowest BCUT2D eigenvalue weighted by Crippen LogP contribution is -2.11. The monoisotopic (exact) mass is 281 g/mol. The fraction of sp³-hybridized carbons (Fsp3) is 0.200. The predicted molar refractivity (Wildman–Crippen MR) is 74.6 cm³/mol. The van der Waals surface area contributed by atoms with E-state index in [2.05, 4.69) is 5.32 Å². The van der Waals surface area contributed by atoms with Crippen molar-refractivity contribution < 1.29 is 8.78 Å². The van der Waals surface area contributed by atoms with Gasteiger partial charge in [0.2, 0.25) is 0 Å². The van der Waals surface area contributed by atoms with E-state index in [-0.39, 0.29) is 5.56 Å². The number of aryl methyl sites for hydroxylation is 1. The normalized spacial score (nSPS) is 12.3. The molecule has 19 heavy (non-hydrogen) atoms. The fourth-order valence-corrected chi connectivity index (χ4v) is 2.15. The van der Waals surface area contributed by atoms with Gasteiger partial charge in [0.25, 0.3) is 0 Å². The molecule has 0 saturated carbocycles. The minimum Gasteiger partial charge on any atom is -0.378 e. The van der Waals surface area contributed by atoms with Gasteiger partial charge in [0, 0.05) is 16.3 Å². The molecule has 1 N–H and O–H groups in total. The van der Waals surface area contributed by atoms with Gasteiger partial charge in [0.15, 0.2) is 0 Å². The van der Waals surface area contributed by atoms with Crippen molar-refractivity contribution in [1.29, 1.82) is 0 Å². The van der Waals surface area contributed by atoms with Gasteiger partial charge in [-0.15, -0.1) is 0 Å². The van der Waals surface area contributed by atoms with Crippen LogP contribution in [0.5, 0.6) is 0 Å². The number of rotatable bonds is 3. The highest BCUT2D eigenvalue weighted by Crippen LogP contribution is 2.27. The number of nitrogens with one attached hydrogen (secondary N) is 1. The van der Waals surface area contributed by atoms with E-state index in [1.807, 2.05) is 13.0 Å². The van der Waals surface area contributed by atoms with Crippen molar-refractivity contribution in [3.63, 3.8) is 0 Å². The summed E-state index contributed by atoms with van der Waals surface area (Å²) in [6, 6.07) is 8.74. The van der Waals surface area contributed by atoms with Gasteiger partial charge in [-0.3, -0.25) is 0 Å². The molecule has 0 aliphatic heterocycles. The van der Waals surface area contributed by atoms with Crippen molar-refractivity contribution >= 4 is 17.3 Å². The Bertz CT molecular complexity index is 578. The first kappa shape index (κ1) is 13.8. The summed E-state index contributed by atoms with van der Waals surface area (Å²) >= 11 is 5.92. The van der Waals surface area contributed by atoms with E-state index in [0.29, 0.717) is 5.02 Å². The van der Waals surface area contributed by atoms with Crippen LogP contribution in [-0.2, 0) is 0 Å². The zero-order valence-corrected chi connectivity index (χ0v) is 11.4. The molecule has 0 radical (unpaired) electrons. The molecule has 2 aromatic carbocycles. The van der Waals surface area contributed by atoms with E-state index in [1.54, 1.807) is 19.1 Å². The minimum absolute atomic E-state index is 0.0295. The third-order valence-corrected chi connectivity index (χ3v) is 3.24. The van der Waals surface area contributed by atoms with Crippen LogP contribution >= 0.6 is 11.6 Å². The van der Waals surface area contributed by atoms with E-state index in [4.69, 9.17) is 11.6 Å². The van der Waals surface area contributed by atoms with E-state index in [1.165, 1.54) is 18.2 Å². The molecule has 0 fully saturated rings. The quantitative estimate of drug-likeness (QED) is 0.825. The molecular formula is C15H14ClF2N. The van der Waals surface area contributed by atoms with Crippen molar-refractivity contribution in [2.75, 3.05) is 5.32 Å². The lowest BCUT2D eigenvalue weighted by Gasteiger charge is -2.18. The lowest BCUT2D eigenvalue weighted by atomic mass is 10.1. The average Bonchev–Trinajstić information content (AvgIpc) is 2.33. The van der Waals surface area contributed by atoms with Crippen LogP contribution in [0.25, 0.3) is 0 Å². The highest BCUT2D eigenvalue weighted by molar-refractivity contribution is 6.30. The average molecular weight is 282 g/mol. The molecule has 0 bridgehead atoms. The molecule has 0 spiro atoms. The van der Waals surface area contributed by atoms with Crippen molar-refractivity contribution in [1.82, 2.24) is 0 Å². The number of hydrogen-bond donors (Lipinski definition) is 1. The summed E-state index contributed by atoms with van der Waals surface area (Å²) in [4.78, 5) is 0. The summed E-state index contributed by atoms with van der Waals surface area (Å²) in [5.74, 6) is -1.11. The van der Waals surface area contributed by atoms with Crippen molar-refractivity contribution in [3.05, 3.63) is 64.2 Å². The van der Waals surface area contributed by atoms with Crippen LogP contribution in [0.2, 0.25) is 5.02 Å². The van der Waals surface area contributed by atoms with Crippen molar-refractivity contribution in [2.24, 2.45) is 0 Å². The number of halogens is 3. The van der Waals surface area contributed by atoms with Crippen LogP contribution in [-0.4, -0.2) is 0 Å².